The summed E-state index contributed by atoms with van der Waals surface area (Å²) in [5.41, 5.74) is 3.83. The van der Waals surface area contributed by atoms with E-state index in [1.54, 1.807) is 72.0 Å². The molecule has 1 fully saturated rings. The highest BCUT2D eigenvalue weighted by atomic mass is 32.1. The Balaban J connectivity index is 1.02. The minimum atomic E-state index is -1.22. The van der Waals surface area contributed by atoms with Crippen LogP contribution in [-0.2, 0) is 30.5 Å². The Morgan fingerprint density at radius 3 is 2.21 bits per heavy atom. The number of hydrogen-bond donors (Lipinski definition) is 7. The summed E-state index contributed by atoms with van der Waals surface area (Å²) in [5.74, 6) is -3.19. The highest BCUT2D eigenvalue weighted by molar-refractivity contribution is 7.15. The van der Waals surface area contributed by atoms with Gasteiger partial charge in [0.25, 0.3) is 5.91 Å². The van der Waals surface area contributed by atoms with Crippen LogP contribution in [0.15, 0.2) is 70.6 Å². The number of amides is 4. The standard InChI is InChI=1S/C57H58N12O10S6/c1-26(2)33-18-39(70)45-28(4)84-54(69-45)35(19-42(71)58-5)61-49(74)37-23-80-50(63-37)32-16-17-34(52-65-41(25-83-52)66-57(77)79-31-14-12-30(13-15-31)56(75)76)60-46(32)36-22-81-53(62-36)38-24-82-55(64-38)47(48(73)29-10-8-7-9-11-29)67-43(72)20-59-27(3)44-40(21-78-6)85-51(33)68-44/h7-11,16-17,22-26,30-31,33,35,47-48,59,73H,3,12-15,18-21H2,1-2,4-6H3,(H,58,71)(H,61,74)(H,66,77)(H,67,72)(H,75,76)/t30?,31?,33-,35-,47-,48-/m0/s1. The van der Waals surface area contributed by atoms with E-state index in [-0.39, 0.29) is 66.7 Å². The summed E-state index contributed by atoms with van der Waals surface area (Å²) in [4.78, 5) is 116. The number of aromatic nitrogens is 7. The number of anilines is 1. The number of aryl methyl sites for hydroxylation is 1. The molecule has 28 heteroatoms. The summed E-state index contributed by atoms with van der Waals surface area (Å²) >= 11 is 7.53. The van der Waals surface area contributed by atoms with E-state index in [1.165, 1.54) is 75.1 Å². The second-order valence-corrected chi connectivity index (χ2v) is 26.3. The number of aliphatic carboxylic acids is 1. The zero-order chi connectivity index (χ0) is 60.1. The lowest BCUT2D eigenvalue weighted by molar-refractivity contribution is -0.143. The van der Waals surface area contributed by atoms with Crippen molar-refractivity contribution in [2.75, 3.05) is 26.0 Å². The van der Waals surface area contributed by atoms with Crippen LogP contribution in [0.4, 0.5) is 10.6 Å². The number of aliphatic hydroxyl groups excluding tert-OH is 1. The number of fused-ring (bicyclic) bond motifs is 14. The third-order valence-corrected chi connectivity index (χ3v) is 20.0. The number of benzene rings is 1. The van der Waals surface area contributed by atoms with Gasteiger partial charge in [-0.15, -0.1) is 68.0 Å². The summed E-state index contributed by atoms with van der Waals surface area (Å²) in [6.07, 6.45) is -0.795. The van der Waals surface area contributed by atoms with Crippen LogP contribution in [-0.4, -0.2) is 107 Å². The molecular weight excluding hydrogens is 1210 g/mol. The van der Waals surface area contributed by atoms with E-state index >= 15 is 0 Å². The SMILES string of the molecule is C=C1NCC(=O)N[C@@H]([C@@H](O)c2ccccc2)c2nc(cs2)-c2nc(cs2)-c2nc(-c3nc(NC(=O)OC4CCC(C(=O)O)CC4)cs3)ccc2-c2nc(cs2)C(=O)N[C@@H](CC(=O)NC)c2nc(c(C)s2)C(=O)C[C@@H](C(C)C)c2nc1c(COC)s2. The van der Waals surface area contributed by atoms with Crippen molar-refractivity contribution in [3.05, 3.63) is 118 Å². The van der Waals surface area contributed by atoms with Gasteiger partial charge in [-0.2, -0.15) is 0 Å². The van der Waals surface area contributed by atoms with Gasteiger partial charge in [0.1, 0.15) is 83.3 Å². The number of rotatable bonds is 11. The van der Waals surface area contributed by atoms with Gasteiger partial charge >= 0.3 is 12.1 Å². The van der Waals surface area contributed by atoms with E-state index in [0.29, 0.717) is 106 Å². The Hall–Kier alpha value is -7.57. The van der Waals surface area contributed by atoms with E-state index in [4.69, 9.17) is 39.4 Å². The quantitative estimate of drug-likeness (QED) is 0.0633. The maximum absolute atomic E-state index is 14.4. The number of aliphatic hydroxyl groups is 1. The zero-order valence-electron chi connectivity index (χ0n) is 46.5. The number of carbonyl (C=O) groups is 6. The maximum atomic E-state index is 14.4. The molecule has 8 aromatic rings. The fourth-order valence-corrected chi connectivity index (χ4v) is 15.3. The molecule has 85 heavy (non-hydrogen) atoms. The molecule has 8 heterocycles. The van der Waals surface area contributed by atoms with Gasteiger partial charge in [-0.3, -0.25) is 29.3 Å². The molecule has 10 rings (SSSR count). The Morgan fingerprint density at radius 2 is 1.47 bits per heavy atom. The van der Waals surface area contributed by atoms with Gasteiger partial charge in [0.2, 0.25) is 11.8 Å². The number of ether oxygens (including phenoxy) is 2. The van der Waals surface area contributed by atoms with Crippen LogP contribution in [0.1, 0.15) is 133 Å². The molecule has 1 aliphatic carbocycles. The lowest BCUT2D eigenvalue weighted by atomic mass is 9.87. The van der Waals surface area contributed by atoms with Crippen LogP contribution in [0.2, 0.25) is 0 Å². The Kier molecular flexibility index (Phi) is 19.1. The number of ketones is 1. The molecule has 22 nitrogen and oxygen atoms in total. The first kappa shape index (κ1) is 60.5. The van der Waals surface area contributed by atoms with E-state index in [2.05, 4.69) is 38.1 Å². The number of nitrogens with zero attached hydrogens (tertiary/aromatic N) is 7. The molecule has 0 spiro atoms. The van der Waals surface area contributed by atoms with Gasteiger partial charge in [-0.25, -0.2) is 39.7 Å². The van der Waals surface area contributed by atoms with Crippen molar-refractivity contribution < 1.29 is 48.5 Å². The summed E-state index contributed by atoms with van der Waals surface area (Å²) < 4.78 is 11.2. The van der Waals surface area contributed by atoms with Crippen LogP contribution in [0.5, 0.6) is 0 Å². The molecular formula is C57H58N12O10S6. The number of thiazole rings is 6. The third kappa shape index (κ3) is 14.1. The number of pyridine rings is 1. The third-order valence-electron chi connectivity index (χ3n) is 14.3. The number of hydrogen-bond acceptors (Lipinski definition) is 23. The van der Waals surface area contributed by atoms with Crippen molar-refractivity contribution in [3.8, 4) is 43.4 Å². The van der Waals surface area contributed by atoms with Crippen molar-refractivity contribution in [3.63, 3.8) is 0 Å². The van der Waals surface area contributed by atoms with Crippen LogP contribution >= 0.6 is 68.0 Å². The second kappa shape index (κ2) is 26.8. The predicted octanol–water partition coefficient (Wildman–Crippen LogP) is 10.2. The molecule has 0 unspecified atom stereocenters. The summed E-state index contributed by atoms with van der Waals surface area (Å²) in [6, 6.07) is 10.5. The Labute approximate surface area is 511 Å². The molecule has 0 saturated heterocycles. The van der Waals surface area contributed by atoms with Gasteiger partial charge in [-0.05, 0) is 56.2 Å². The van der Waals surface area contributed by atoms with E-state index in [1.807, 2.05) is 19.9 Å². The molecule has 2 aliphatic rings. The average Bonchev–Trinajstić information content (AvgIpc) is 4.46. The second-order valence-electron chi connectivity index (χ2n) is 20.4. The number of carbonyl (C=O) groups excluding carboxylic acids is 5. The van der Waals surface area contributed by atoms with E-state index in [0.717, 1.165) is 4.88 Å². The van der Waals surface area contributed by atoms with Crippen LogP contribution in [0, 0.1) is 18.8 Å². The fraction of sp³-hybridized carbons (Fsp3) is 0.351. The number of carboxylic acids is 1. The highest BCUT2D eigenvalue weighted by Gasteiger charge is 2.33. The van der Waals surface area contributed by atoms with Crippen molar-refractivity contribution in [1.82, 2.24) is 56.2 Å². The predicted molar refractivity (Wildman–Crippen MR) is 327 cm³/mol. The maximum Gasteiger partial charge on any atom is 0.413 e. The van der Waals surface area contributed by atoms with Crippen LogP contribution < -0.4 is 26.6 Å². The van der Waals surface area contributed by atoms with Crippen LogP contribution in [0.25, 0.3) is 49.1 Å². The average molecular weight is 1260 g/mol. The Morgan fingerprint density at radius 1 is 0.765 bits per heavy atom. The van der Waals surface area contributed by atoms with Gasteiger partial charge < -0.3 is 41.0 Å². The molecule has 7 N–H and O–H groups in total. The molecule has 7 aromatic heterocycles. The molecule has 10 bridgehead atoms. The van der Waals surface area contributed by atoms with Crippen molar-refractivity contribution in [2.45, 2.75) is 96.1 Å². The molecule has 1 aromatic carbocycles. The number of methoxy groups -OCH3 is 1. The smallest absolute Gasteiger partial charge is 0.413 e. The van der Waals surface area contributed by atoms with Gasteiger partial charge in [-0.1, -0.05) is 50.8 Å². The Bertz CT molecular complexity index is 3790. The van der Waals surface area contributed by atoms with Crippen LogP contribution in [0.3, 0.4) is 0 Å². The monoisotopic (exact) mass is 1260 g/mol. The van der Waals surface area contributed by atoms with Crippen molar-refractivity contribution >= 4 is 115 Å². The van der Waals surface area contributed by atoms with E-state index < -0.39 is 54.1 Å². The van der Waals surface area contributed by atoms with Gasteiger partial charge in [0.05, 0.1) is 52.8 Å². The summed E-state index contributed by atoms with van der Waals surface area (Å²) in [6.45, 7) is 9.97. The largest absolute Gasteiger partial charge is 0.481 e. The minimum Gasteiger partial charge on any atom is -0.481 e. The minimum absolute atomic E-state index is 0.0417. The van der Waals surface area contributed by atoms with Crippen molar-refractivity contribution in [1.29, 1.82) is 0 Å². The van der Waals surface area contributed by atoms with Gasteiger partial charge in [0, 0.05) is 58.5 Å². The summed E-state index contributed by atoms with van der Waals surface area (Å²) in [7, 11) is 3.06. The first-order valence-corrected chi connectivity index (χ1v) is 32.1. The van der Waals surface area contributed by atoms with E-state index in [9.17, 15) is 39.0 Å². The molecule has 442 valence electrons. The summed E-state index contributed by atoms with van der Waals surface area (Å²) in [5, 5.41) is 45.4. The number of carboxylic acid groups (broad SMARTS) is 1. The lowest BCUT2D eigenvalue weighted by Gasteiger charge is -2.25. The van der Waals surface area contributed by atoms with Gasteiger partial charge in [0.15, 0.2) is 5.78 Å². The number of nitrogens with one attached hydrogen (secondary N) is 5. The number of Topliss-reactive ketones (excluding diaryl/α,β-unsaturated/α-hetero) is 1. The first-order valence-electron chi connectivity index (χ1n) is 26.9. The molecule has 1 aliphatic heterocycles. The highest BCUT2D eigenvalue weighted by Crippen LogP contribution is 2.41. The van der Waals surface area contributed by atoms with Crippen molar-refractivity contribution in [2.24, 2.45) is 11.8 Å². The normalized spacial score (nSPS) is 19.1. The molecule has 0 radical (unpaired) electrons. The molecule has 4 atom stereocenters. The molecule has 1 saturated carbocycles. The first-order chi connectivity index (χ1) is 40.9. The lowest BCUT2D eigenvalue weighted by Crippen LogP contribution is -2.38. The fourth-order valence-electron chi connectivity index (χ4n) is 9.69. The molecule has 4 amide bonds. The zero-order valence-corrected chi connectivity index (χ0v) is 51.4. The topological polar surface area (TPSA) is 312 Å².